The van der Waals surface area contributed by atoms with Crippen LogP contribution >= 0.6 is 0 Å². The number of carbonyl (C=O) groups excluding carboxylic acids is 2. The first kappa shape index (κ1) is 12.5. The van der Waals surface area contributed by atoms with Gasteiger partial charge in [-0.1, -0.05) is 0 Å². The molecule has 0 atom stereocenters. The molecule has 98 valence electrons. The smallest absolute Gasteiger partial charge is 0.292 e. The maximum Gasteiger partial charge on any atom is 0.292 e. The first-order valence-corrected chi connectivity index (χ1v) is 6.07. The van der Waals surface area contributed by atoms with Crippen molar-refractivity contribution in [2.24, 2.45) is 0 Å². The van der Waals surface area contributed by atoms with Crippen LogP contribution < -0.4 is 5.32 Å². The van der Waals surface area contributed by atoms with Gasteiger partial charge in [0.25, 0.3) is 11.7 Å². The molecular formula is C10H16N6O2. The third-order valence-corrected chi connectivity index (χ3v) is 2.88. The summed E-state index contributed by atoms with van der Waals surface area (Å²) >= 11 is 0. The molecule has 1 aliphatic rings. The summed E-state index contributed by atoms with van der Waals surface area (Å²) in [6.07, 6.45) is 3.64. The van der Waals surface area contributed by atoms with Crippen LogP contribution in [0.5, 0.6) is 0 Å². The Morgan fingerprint density at radius 2 is 2.06 bits per heavy atom. The van der Waals surface area contributed by atoms with Crippen molar-refractivity contribution in [3.63, 3.8) is 0 Å². The highest BCUT2D eigenvalue weighted by molar-refractivity contribution is 5.90. The number of piperidine rings is 1. The van der Waals surface area contributed by atoms with Crippen LogP contribution in [0.3, 0.4) is 0 Å². The van der Waals surface area contributed by atoms with Gasteiger partial charge in [0, 0.05) is 26.1 Å². The average Bonchev–Trinajstić information content (AvgIpc) is 2.93. The number of rotatable bonds is 4. The second-order valence-corrected chi connectivity index (χ2v) is 4.18. The van der Waals surface area contributed by atoms with E-state index in [9.17, 15) is 9.59 Å². The molecule has 8 heteroatoms. The summed E-state index contributed by atoms with van der Waals surface area (Å²) in [4.78, 5) is 25.1. The quantitative estimate of drug-likeness (QED) is 0.739. The topological polar surface area (TPSA) is 104 Å². The summed E-state index contributed by atoms with van der Waals surface area (Å²) < 4.78 is 0. The van der Waals surface area contributed by atoms with Gasteiger partial charge in [-0.25, -0.2) is 0 Å². The molecule has 0 aromatic carbocycles. The number of carbonyl (C=O) groups is 2. The van der Waals surface area contributed by atoms with E-state index < -0.39 is 5.91 Å². The van der Waals surface area contributed by atoms with Crippen molar-refractivity contribution < 1.29 is 9.59 Å². The van der Waals surface area contributed by atoms with E-state index in [-0.39, 0.29) is 11.7 Å². The Balaban J connectivity index is 1.68. The number of nitrogens with one attached hydrogen (secondary N) is 2. The number of tetrazole rings is 1. The molecule has 1 aromatic heterocycles. The number of hydrogen-bond donors (Lipinski definition) is 2. The second kappa shape index (κ2) is 6.08. The van der Waals surface area contributed by atoms with E-state index in [1.54, 1.807) is 0 Å². The summed E-state index contributed by atoms with van der Waals surface area (Å²) in [6.45, 7) is 1.96. The van der Waals surface area contributed by atoms with E-state index in [2.05, 4.69) is 25.9 Å². The van der Waals surface area contributed by atoms with Crippen molar-refractivity contribution in [2.45, 2.75) is 25.7 Å². The maximum absolute atomic E-state index is 11.8. The highest BCUT2D eigenvalue weighted by atomic mass is 16.2. The Bertz CT molecular complexity index is 399. The third kappa shape index (κ3) is 3.25. The van der Waals surface area contributed by atoms with Crippen molar-refractivity contribution in [3.05, 3.63) is 5.82 Å². The number of nitrogens with zero attached hydrogens (tertiary/aromatic N) is 4. The van der Waals surface area contributed by atoms with E-state index >= 15 is 0 Å². The zero-order valence-electron chi connectivity index (χ0n) is 10.1. The van der Waals surface area contributed by atoms with Gasteiger partial charge in [-0.05, 0) is 24.5 Å². The number of hydrogen-bond acceptors (Lipinski definition) is 5. The second-order valence-electron chi connectivity index (χ2n) is 4.18. The van der Waals surface area contributed by atoms with Crippen LogP contribution in [0.4, 0.5) is 0 Å². The van der Waals surface area contributed by atoms with Crippen LogP contribution in [0.15, 0.2) is 0 Å². The van der Waals surface area contributed by atoms with Gasteiger partial charge in [0.1, 0.15) is 0 Å². The number of likely N-dealkylation sites (tertiary alicyclic amines) is 1. The molecule has 0 spiro atoms. The molecule has 0 radical (unpaired) electrons. The van der Waals surface area contributed by atoms with Gasteiger partial charge in [0.2, 0.25) is 5.91 Å². The molecule has 2 N–H and O–H groups in total. The van der Waals surface area contributed by atoms with Crippen LogP contribution in [-0.2, 0) is 4.79 Å². The lowest BCUT2D eigenvalue weighted by atomic mass is 10.1. The fraction of sp³-hybridized carbons (Fsp3) is 0.700. The van der Waals surface area contributed by atoms with E-state index in [0.717, 1.165) is 25.9 Å². The highest BCUT2D eigenvalue weighted by Crippen LogP contribution is 2.09. The molecule has 1 saturated heterocycles. The van der Waals surface area contributed by atoms with E-state index in [4.69, 9.17) is 0 Å². The Labute approximate surface area is 104 Å². The first-order chi connectivity index (χ1) is 8.77. The number of aromatic nitrogens is 4. The predicted octanol–water partition coefficient (Wildman–Crippen LogP) is -0.668. The SMILES string of the molecule is O=C(NCCC(=O)N1CCCCC1)c1nn[nH]n1. The molecule has 1 fully saturated rings. The van der Waals surface area contributed by atoms with Crippen LogP contribution in [0.25, 0.3) is 0 Å². The molecule has 2 heterocycles. The predicted molar refractivity (Wildman–Crippen MR) is 61.6 cm³/mol. The van der Waals surface area contributed by atoms with E-state index in [1.165, 1.54) is 6.42 Å². The summed E-state index contributed by atoms with van der Waals surface area (Å²) in [6, 6.07) is 0. The van der Waals surface area contributed by atoms with Gasteiger partial charge < -0.3 is 10.2 Å². The van der Waals surface area contributed by atoms with Gasteiger partial charge >= 0.3 is 0 Å². The molecule has 0 saturated carbocycles. The number of aromatic amines is 1. The zero-order chi connectivity index (χ0) is 12.8. The molecule has 1 aliphatic heterocycles. The Morgan fingerprint density at radius 1 is 1.28 bits per heavy atom. The maximum atomic E-state index is 11.8. The summed E-state index contributed by atoms with van der Waals surface area (Å²) in [5, 5.41) is 15.2. The largest absolute Gasteiger partial charge is 0.349 e. The number of H-pyrrole nitrogens is 1. The Kier molecular flexibility index (Phi) is 4.21. The zero-order valence-corrected chi connectivity index (χ0v) is 10.1. The van der Waals surface area contributed by atoms with E-state index in [1.807, 2.05) is 4.90 Å². The Hall–Kier alpha value is -1.99. The molecule has 0 aliphatic carbocycles. The molecule has 1 aromatic rings. The van der Waals surface area contributed by atoms with Crippen molar-refractivity contribution in [1.82, 2.24) is 30.8 Å². The van der Waals surface area contributed by atoms with Gasteiger partial charge in [0.15, 0.2) is 0 Å². The third-order valence-electron chi connectivity index (χ3n) is 2.88. The molecular weight excluding hydrogens is 236 g/mol. The van der Waals surface area contributed by atoms with Gasteiger partial charge in [-0.2, -0.15) is 5.21 Å². The van der Waals surface area contributed by atoms with Gasteiger partial charge in [0.05, 0.1) is 0 Å². The summed E-state index contributed by atoms with van der Waals surface area (Å²) in [7, 11) is 0. The molecule has 0 unspecified atom stereocenters. The van der Waals surface area contributed by atoms with Gasteiger partial charge in [-0.3, -0.25) is 9.59 Å². The summed E-state index contributed by atoms with van der Waals surface area (Å²) in [5.41, 5.74) is 0. The van der Waals surface area contributed by atoms with Gasteiger partial charge in [-0.15, -0.1) is 10.2 Å². The average molecular weight is 252 g/mol. The molecule has 8 nitrogen and oxygen atoms in total. The minimum Gasteiger partial charge on any atom is -0.349 e. The molecule has 2 rings (SSSR count). The standard InChI is InChI=1S/C10H16N6O2/c17-8(16-6-2-1-3-7-16)4-5-11-10(18)9-12-14-15-13-9/h1-7H2,(H,11,18)(H,12,13,14,15). The lowest BCUT2D eigenvalue weighted by molar-refractivity contribution is -0.131. The fourth-order valence-electron chi connectivity index (χ4n) is 1.92. The lowest BCUT2D eigenvalue weighted by Gasteiger charge is -2.26. The van der Waals surface area contributed by atoms with Crippen LogP contribution in [-0.4, -0.2) is 57.0 Å². The van der Waals surface area contributed by atoms with Crippen molar-refractivity contribution in [2.75, 3.05) is 19.6 Å². The van der Waals surface area contributed by atoms with Crippen LogP contribution in [0, 0.1) is 0 Å². The van der Waals surface area contributed by atoms with Crippen LogP contribution in [0.2, 0.25) is 0 Å². The monoisotopic (exact) mass is 252 g/mol. The highest BCUT2D eigenvalue weighted by Gasteiger charge is 2.16. The molecule has 0 bridgehead atoms. The molecule has 18 heavy (non-hydrogen) atoms. The van der Waals surface area contributed by atoms with Crippen LogP contribution in [0.1, 0.15) is 36.3 Å². The Morgan fingerprint density at radius 3 is 2.72 bits per heavy atom. The lowest BCUT2D eigenvalue weighted by Crippen LogP contribution is -2.37. The summed E-state index contributed by atoms with van der Waals surface area (Å²) in [5.74, 6) is -0.348. The minimum absolute atomic E-state index is 0.0135. The van der Waals surface area contributed by atoms with Crippen molar-refractivity contribution in [3.8, 4) is 0 Å². The molecule has 2 amide bonds. The minimum atomic E-state index is -0.421. The normalized spacial score (nSPS) is 15.4. The van der Waals surface area contributed by atoms with Crippen molar-refractivity contribution in [1.29, 1.82) is 0 Å². The first-order valence-electron chi connectivity index (χ1n) is 6.07. The van der Waals surface area contributed by atoms with Crippen molar-refractivity contribution >= 4 is 11.8 Å². The fourth-order valence-corrected chi connectivity index (χ4v) is 1.92. The number of amides is 2. The van der Waals surface area contributed by atoms with E-state index in [0.29, 0.717) is 13.0 Å².